The number of aliphatic imine (C=N–C) groups is 1. The molecule has 9 rings (SSSR count). The number of nitrogens with zero attached hydrogens (tertiary/aromatic N) is 6. The maximum absolute atomic E-state index is 13.9. The fraction of sp³-hybridized carbons (Fsp3) is 0.714. The van der Waals surface area contributed by atoms with Crippen molar-refractivity contribution in [2.75, 3.05) is 26.2 Å². The monoisotopic (exact) mass is 1030 g/mol. The van der Waals surface area contributed by atoms with Gasteiger partial charge in [0.25, 0.3) is 11.9 Å². The summed E-state index contributed by atoms with van der Waals surface area (Å²) in [6.45, 7) is 12.4. The third-order valence-electron chi connectivity index (χ3n) is 17.0. The standard InChI is InChI=1S/C56H81ClN10O4S/c1-5-59-51(68)34-48-54-63-62-38(4)66(54)56-52(36(2)37(3)72-56)53(61-48)40-18-16-39(17-19-40)13-9-7-6-8-12-32-70-44-28-30-65(31-29-44)50-27-26-49(67(64-50)43-14-10-11-15-43)55(69)60-42-21-24-45(25-22-42)71-46-23-20-41(35-58)47(57)33-46/h16-20,23,33,36-38,42-45,48-50,52,54,56,64H,5-15,21-22,24-32,34H2,1-4H3,(H2,59,60,68,69)/p+1/t36?,37?,38?,42?,45?,48-,49?,50?,52?,54?,56?/m0/s1. The largest absolute Gasteiger partial charge is 0.490 e. The number of hydrazine groups is 1. The van der Waals surface area contributed by atoms with Gasteiger partial charge in [0.2, 0.25) is 5.91 Å². The Hall–Kier alpha value is -3.62. The number of fused-ring (bicyclic) bond motifs is 3. The van der Waals surface area contributed by atoms with Crippen molar-refractivity contribution in [2.24, 2.45) is 21.9 Å². The van der Waals surface area contributed by atoms with E-state index in [9.17, 15) is 14.9 Å². The zero-order valence-corrected chi connectivity index (χ0v) is 45.0. The lowest BCUT2D eigenvalue weighted by Crippen LogP contribution is -2.53. The van der Waals surface area contributed by atoms with Gasteiger partial charge in [-0.25, -0.2) is 10.9 Å². The zero-order chi connectivity index (χ0) is 50.1. The normalized spacial score (nSPS) is 31.5. The average molecular weight is 1030 g/mol. The van der Waals surface area contributed by atoms with Gasteiger partial charge in [0.05, 0.1) is 53.0 Å². The van der Waals surface area contributed by atoms with Gasteiger partial charge in [-0.15, -0.1) is 16.5 Å². The molecule has 72 heavy (non-hydrogen) atoms. The number of azo groups is 2. The molecule has 14 nitrogen and oxygen atoms in total. The summed E-state index contributed by atoms with van der Waals surface area (Å²) >= 11 is 8.29. The first-order chi connectivity index (χ1) is 35.1. The van der Waals surface area contributed by atoms with E-state index in [0.717, 1.165) is 102 Å². The van der Waals surface area contributed by atoms with Crippen LogP contribution in [0.5, 0.6) is 5.75 Å². The second-order valence-electron chi connectivity index (χ2n) is 21.9. The van der Waals surface area contributed by atoms with Gasteiger partial charge in [0.1, 0.15) is 11.8 Å². The number of unbranched alkanes of at least 4 members (excludes halogenated alkanes) is 4. The van der Waals surface area contributed by atoms with Crippen LogP contribution in [0.4, 0.5) is 0 Å². The van der Waals surface area contributed by atoms with Gasteiger partial charge in [-0.1, -0.05) is 69.0 Å². The number of aryl methyl sites for hydroxylation is 1. The van der Waals surface area contributed by atoms with Crippen molar-refractivity contribution < 1.29 is 23.8 Å². The Morgan fingerprint density at radius 1 is 0.903 bits per heavy atom. The average Bonchev–Trinajstić information content (AvgIpc) is 4.12. The van der Waals surface area contributed by atoms with Gasteiger partial charge in [-0.2, -0.15) is 5.26 Å². The van der Waals surface area contributed by atoms with E-state index in [-0.39, 0.29) is 65.8 Å². The molecule has 0 aromatic heterocycles. The highest BCUT2D eigenvalue weighted by Gasteiger charge is 2.53. The van der Waals surface area contributed by atoms with Crippen molar-refractivity contribution in [3.63, 3.8) is 0 Å². The molecule has 5 fully saturated rings. The van der Waals surface area contributed by atoms with Gasteiger partial charge in [0, 0.05) is 74.5 Å². The van der Waals surface area contributed by atoms with Crippen LogP contribution < -0.4 is 26.2 Å². The number of carbonyl (C=O) groups excluding carboxylic acids is 2. The molecule has 7 aliphatic rings. The molecule has 2 saturated carbocycles. The lowest BCUT2D eigenvalue weighted by Gasteiger charge is -2.36. The smallest absolute Gasteiger partial charge is 0.291 e. The van der Waals surface area contributed by atoms with Crippen LogP contribution in [-0.4, -0.2) is 124 Å². The number of thioether (sulfide) groups is 1. The Morgan fingerprint density at radius 2 is 1.65 bits per heavy atom. The van der Waals surface area contributed by atoms with Crippen molar-refractivity contribution in [1.82, 2.24) is 31.3 Å². The summed E-state index contributed by atoms with van der Waals surface area (Å²) in [5.41, 5.74) is 11.1. The highest BCUT2D eigenvalue weighted by Crippen LogP contribution is 2.49. The van der Waals surface area contributed by atoms with E-state index in [0.29, 0.717) is 52.6 Å². The molecule has 2 aliphatic carbocycles. The number of nitrogens with one attached hydrogen (secondary N) is 4. The van der Waals surface area contributed by atoms with E-state index in [1.807, 2.05) is 13.0 Å². The number of carbonyl (C=O) groups is 2. The Labute approximate surface area is 438 Å². The maximum atomic E-state index is 13.9. The Balaban J connectivity index is 0.676. The van der Waals surface area contributed by atoms with E-state index in [1.165, 1.54) is 49.7 Å². The van der Waals surface area contributed by atoms with Crippen molar-refractivity contribution in [3.8, 4) is 11.8 Å². The molecule has 3 saturated heterocycles. The fourth-order valence-corrected chi connectivity index (χ4v) is 14.8. The quantitative estimate of drug-likeness (QED) is 0.0791. The number of hydrogen-bond donors (Lipinski definition) is 4. The number of benzene rings is 2. The predicted molar refractivity (Wildman–Crippen MR) is 285 cm³/mol. The van der Waals surface area contributed by atoms with Gasteiger partial charge >= 0.3 is 0 Å². The summed E-state index contributed by atoms with van der Waals surface area (Å²) in [5.74, 6) is 1.63. The second-order valence-corrected chi connectivity index (χ2v) is 23.8. The van der Waals surface area contributed by atoms with Gasteiger partial charge in [-0.3, -0.25) is 24.4 Å². The first-order valence-corrected chi connectivity index (χ1v) is 29.3. The maximum Gasteiger partial charge on any atom is 0.291 e. The molecule has 5 heterocycles. The minimum absolute atomic E-state index is 0.0346. The van der Waals surface area contributed by atoms with Crippen LogP contribution >= 0.6 is 23.4 Å². The number of likely N-dealkylation sites (tertiary alicyclic amines) is 1. The number of piperidine rings is 1. The van der Waals surface area contributed by atoms with Gasteiger partial charge in [-0.05, 0) is 125 Å². The molecule has 2 amide bonds. The van der Waals surface area contributed by atoms with E-state index in [4.69, 9.17) is 31.2 Å². The van der Waals surface area contributed by atoms with Crippen molar-refractivity contribution in [3.05, 3.63) is 64.2 Å². The summed E-state index contributed by atoms with van der Waals surface area (Å²) < 4.78 is 14.9. The van der Waals surface area contributed by atoms with Crippen LogP contribution in [0.1, 0.15) is 160 Å². The highest BCUT2D eigenvalue weighted by molar-refractivity contribution is 8.00. The minimum Gasteiger partial charge on any atom is -0.490 e. The number of nitriles is 1. The molecule has 0 radical (unpaired) electrons. The third-order valence-corrected chi connectivity index (χ3v) is 19.0. The molecule has 2 aromatic carbocycles. The number of amides is 2. The number of rotatable bonds is 19. The molecule has 0 bridgehead atoms. The molecule has 16 heteroatoms. The van der Waals surface area contributed by atoms with Crippen molar-refractivity contribution in [2.45, 2.75) is 215 Å². The lowest BCUT2D eigenvalue weighted by atomic mass is 9.84. The van der Waals surface area contributed by atoms with Crippen LogP contribution in [0.15, 0.2) is 52.6 Å². The molecule has 0 spiro atoms. The molecule has 5 aliphatic heterocycles. The third kappa shape index (κ3) is 12.9. The highest BCUT2D eigenvalue weighted by atomic mass is 35.5. The molecule has 2 aromatic rings. The number of hydrogen-bond acceptors (Lipinski definition) is 12. The molecular formula is C56H82ClN10O4S+. The van der Waals surface area contributed by atoms with Crippen molar-refractivity contribution in [1.29, 1.82) is 5.26 Å². The topological polar surface area (TPSA) is 159 Å². The molecule has 392 valence electrons. The Bertz CT molecular complexity index is 2240. The van der Waals surface area contributed by atoms with E-state index >= 15 is 0 Å². The fourth-order valence-electron chi connectivity index (χ4n) is 12.7. The van der Waals surface area contributed by atoms with Crippen LogP contribution in [0, 0.1) is 23.2 Å². The number of ether oxygens (including phenoxy) is 2. The second kappa shape index (κ2) is 25.3. The van der Waals surface area contributed by atoms with Gasteiger partial charge in [0.15, 0.2) is 12.2 Å². The van der Waals surface area contributed by atoms with Crippen molar-refractivity contribution >= 4 is 40.9 Å². The van der Waals surface area contributed by atoms with E-state index < -0.39 is 0 Å². The van der Waals surface area contributed by atoms with Crippen LogP contribution in [-0.2, 0) is 20.7 Å². The zero-order valence-electron chi connectivity index (χ0n) is 43.4. The minimum atomic E-state index is -0.202. The van der Waals surface area contributed by atoms with Gasteiger partial charge < -0.3 is 20.1 Å². The summed E-state index contributed by atoms with van der Waals surface area (Å²) in [6, 6.07) is 16.6. The van der Waals surface area contributed by atoms with E-state index in [2.05, 4.69) is 98.9 Å². The van der Waals surface area contributed by atoms with Crippen LogP contribution in [0.3, 0.4) is 0 Å². The summed E-state index contributed by atoms with van der Waals surface area (Å²) in [5, 5.41) is 22.2. The molecule has 4 N–H and O–H groups in total. The lowest BCUT2D eigenvalue weighted by molar-refractivity contribution is -0.659. The predicted octanol–water partition coefficient (Wildman–Crippen LogP) is 9.08. The molecule has 8 unspecified atom stereocenters. The van der Waals surface area contributed by atoms with Crippen LogP contribution in [0.25, 0.3) is 0 Å². The first kappa shape index (κ1) is 53.2. The SMILES string of the molecule is CCNC(=O)C[C@@H]1N=C(c2ccc(CCCCCCCOC3CCN(C4CCC(C(=O)NC5CCC(Oc6ccc(C#N)c(Cl)c6)CC5)[N+](C5CCCC5)=N4)CC3)cc2)C2C(C)C(C)SC2N2C(C)NNC12. The molecule has 9 atom stereocenters. The Kier molecular flexibility index (Phi) is 18.7. The summed E-state index contributed by atoms with van der Waals surface area (Å²) in [7, 11) is 0. The number of halogens is 1. The van der Waals surface area contributed by atoms with Crippen LogP contribution in [0.2, 0.25) is 5.02 Å². The first-order valence-electron chi connectivity index (χ1n) is 28.0. The Morgan fingerprint density at radius 3 is 2.39 bits per heavy atom. The molecular weight excluding hydrogens is 944 g/mol. The van der Waals surface area contributed by atoms with E-state index in [1.54, 1.807) is 12.1 Å². The summed E-state index contributed by atoms with van der Waals surface area (Å²) in [6.07, 6.45) is 20.0. The summed E-state index contributed by atoms with van der Waals surface area (Å²) in [4.78, 5) is 37.4.